The molecule has 0 saturated carbocycles. The molecule has 0 fully saturated rings. The number of nitrogens with one attached hydrogen (secondary N) is 1. The molecule has 1 aromatic carbocycles. The van der Waals surface area contributed by atoms with Gasteiger partial charge in [0.25, 0.3) is 0 Å². The molecular formula is C6H8F2N2O4S. The van der Waals surface area contributed by atoms with Gasteiger partial charge < -0.3 is 5.43 Å². The van der Waals surface area contributed by atoms with E-state index in [1.54, 1.807) is 0 Å². The highest BCUT2D eigenvalue weighted by atomic mass is 32.3. The largest absolute Gasteiger partial charge is 0.394 e. The summed E-state index contributed by atoms with van der Waals surface area (Å²) < 4.78 is 56.4. The van der Waals surface area contributed by atoms with Gasteiger partial charge in [0.1, 0.15) is 0 Å². The number of anilines is 1. The SMILES string of the molecule is NNc1cccc(F)c1F.O=S(=O)(O)O. The number of nitrogen functional groups attached to an aromatic ring is 1. The lowest BCUT2D eigenvalue weighted by Gasteiger charge is -1.99. The molecular weight excluding hydrogens is 234 g/mol. The maximum Gasteiger partial charge on any atom is 0.394 e. The Morgan fingerprint density at radius 2 is 1.73 bits per heavy atom. The number of halogens is 2. The molecule has 0 spiro atoms. The predicted octanol–water partition coefficient (Wildman–Crippen LogP) is 0.598. The molecule has 0 unspecified atom stereocenters. The highest BCUT2D eigenvalue weighted by molar-refractivity contribution is 7.79. The smallest absolute Gasteiger partial charge is 0.321 e. The Bertz CT molecular complexity index is 415. The van der Waals surface area contributed by atoms with Crippen LogP contribution in [0, 0.1) is 11.6 Å². The van der Waals surface area contributed by atoms with E-state index in [1.807, 2.05) is 5.43 Å². The van der Waals surface area contributed by atoms with Crippen LogP contribution in [0.15, 0.2) is 18.2 Å². The summed E-state index contributed by atoms with van der Waals surface area (Å²) in [4.78, 5) is 0. The lowest BCUT2D eigenvalue weighted by atomic mass is 10.3. The standard InChI is InChI=1S/C6H6F2N2.H2O4S/c7-4-2-1-3-5(10-9)6(4)8;1-5(2,3)4/h1-3,10H,9H2;(H2,1,2,3,4). The summed E-state index contributed by atoms with van der Waals surface area (Å²) in [7, 11) is -4.67. The van der Waals surface area contributed by atoms with Crippen LogP contribution in [0.2, 0.25) is 0 Å². The maximum atomic E-state index is 12.5. The van der Waals surface area contributed by atoms with Gasteiger partial charge >= 0.3 is 10.4 Å². The second-order valence-corrected chi connectivity index (χ2v) is 3.09. The maximum absolute atomic E-state index is 12.5. The Balaban J connectivity index is 0.000000336. The predicted molar refractivity (Wildman–Crippen MR) is 48.3 cm³/mol. The summed E-state index contributed by atoms with van der Waals surface area (Å²) in [5.41, 5.74) is 1.98. The second-order valence-electron chi connectivity index (χ2n) is 2.19. The van der Waals surface area contributed by atoms with Gasteiger partial charge in [0.05, 0.1) is 5.69 Å². The van der Waals surface area contributed by atoms with Crippen LogP contribution in [0.1, 0.15) is 0 Å². The third-order valence-corrected chi connectivity index (χ3v) is 1.11. The van der Waals surface area contributed by atoms with Gasteiger partial charge in [-0.15, -0.1) is 0 Å². The van der Waals surface area contributed by atoms with Crippen molar-refractivity contribution in [1.29, 1.82) is 0 Å². The van der Waals surface area contributed by atoms with Gasteiger partial charge in [-0.25, -0.2) is 8.78 Å². The van der Waals surface area contributed by atoms with E-state index >= 15 is 0 Å². The molecule has 6 nitrogen and oxygen atoms in total. The number of hydrogen-bond acceptors (Lipinski definition) is 4. The number of hydrogen-bond donors (Lipinski definition) is 4. The summed E-state index contributed by atoms with van der Waals surface area (Å²) in [6.07, 6.45) is 0. The van der Waals surface area contributed by atoms with Crippen LogP contribution in [0.3, 0.4) is 0 Å². The van der Waals surface area contributed by atoms with Gasteiger partial charge in [-0.3, -0.25) is 14.9 Å². The van der Waals surface area contributed by atoms with Crippen molar-refractivity contribution in [1.82, 2.24) is 0 Å². The summed E-state index contributed by atoms with van der Waals surface area (Å²) in [6.45, 7) is 0. The van der Waals surface area contributed by atoms with Crippen molar-refractivity contribution in [2.45, 2.75) is 0 Å². The Morgan fingerprint density at radius 3 is 2.07 bits per heavy atom. The summed E-state index contributed by atoms with van der Waals surface area (Å²) in [6, 6.07) is 3.74. The minimum atomic E-state index is -4.67. The zero-order valence-electron chi connectivity index (χ0n) is 7.18. The Hall–Kier alpha value is -1.29. The molecule has 0 amide bonds. The van der Waals surface area contributed by atoms with Crippen LogP contribution in [0.5, 0.6) is 0 Å². The number of rotatable bonds is 1. The fraction of sp³-hybridized carbons (Fsp3) is 0. The lowest BCUT2D eigenvalue weighted by molar-refractivity contribution is 0.381. The monoisotopic (exact) mass is 242 g/mol. The van der Waals surface area contributed by atoms with Crippen molar-refractivity contribution >= 4 is 16.1 Å². The molecule has 0 aliphatic rings. The molecule has 0 aliphatic carbocycles. The van der Waals surface area contributed by atoms with Crippen LogP contribution in [-0.4, -0.2) is 17.5 Å². The van der Waals surface area contributed by atoms with Crippen molar-refractivity contribution in [2.24, 2.45) is 5.84 Å². The normalized spacial score (nSPS) is 10.2. The van der Waals surface area contributed by atoms with Crippen molar-refractivity contribution in [3.63, 3.8) is 0 Å². The first-order valence-corrected chi connectivity index (χ1v) is 4.76. The minimum Gasteiger partial charge on any atom is -0.321 e. The van der Waals surface area contributed by atoms with E-state index in [1.165, 1.54) is 12.1 Å². The van der Waals surface area contributed by atoms with E-state index in [9.17, 15) is 8.78 Å². The third kappa shape index (κ3) is 6.74. The van der Waals surface area contributed by atoms with Gasteiger partial charge in [0.15, 0.2) is 11.6 Å². The molecule has 5 N–H and O–H groups in total. The summed E-state index contributed by atoms with van der Waals surface area (Å²) in [5.74, 6) is 3.00. The molecule has 15 heavy (non-hydrogen) atoms. The first-order valence-electron chi connectivity index (χ1n) is 3.36. The van der Waals surface area contributed by atoms with E-state index in [-0.39, 0.29) is 5.69 Å². The number of hydrazine groups is 1. The molecule has 0 aromatic heterocycles. The summed E-state index contributed by atoms with van der Waals surface area (Å²) >= 11 is 0. The second kappa shape index (κ2) is 5.56. The zero-order chi connectivity index (χ0) is 12.1. The zero-order valence-corrected chi connectivity index (χ0v) is 8.00. The first-order chi connectivity index (χ1) is 6.75. The molecule has 1 rings (SSSR count). The van der Waals surface area contributed by atoms with Crippen molar-refractivity contribution in [2.75, 3.05) is 5.43 Å². The fourth-order valence-corrected chi connectivity index (χ4v) is 0.615. The molecule has 0 aliphatic heterocycles. The van der Waals surface area contributed by atoms with Crippen LogP contribution < -0.4 is 11.3 Å². The third-order valence-electron chi connectivity index (χ3n) is 1.11. The number of benzene rings is 1. The van der Waals surface area contributed by atoms with Crippen LogP contribution in [0.25, 0.3) is 0 Å². The highest BCUT2D eigenvalue weighted by Gasteiger charge is 2.04. The molecule has 0 radical (unpaired) electrons. The van der Waals surface area contributed by atoms with E-state index in [2.05, 4.69) is 0 Å². The fourth-order valence-electron chi connectivity index (χ4n) is 0.615. The molecule has 0 heterocycles. The van der Waals surface area contributed by atoms with Crippen LogP contribution in [-0.2, 0) is 10.4 Å². The quantitative estimate of drug-likeness (QED) is 0.326. The minimum absolute atomic E-state index is 0.0417. The molecule has 0 bridgehead atoms. The van der Waals surface area contributed by atoms with Crippen LogP contribution >= 0.6 is 0 Å². The van der Waals surface area contributed by atoms with Gasteiger partial charge in [-0.1, -0.05) is 6.07 Å². The van der Waals surface area contributed by atoms with Gasteiger partial charge in [-0.05, 0) is 12.1 Å². The molecule has 86 valence electrons. The van der Waals surface area contributed by atoms with Gasteiger partial charge in [0.2, 0.25) is 0 Å². The number of nitrogens with two attached hydrogens (primary N) is 1. The van der Waals surface area contributed by atoms with Crippen LogP contribution in [0.4, 0.5) is 14.5 Å². The van der Waals surface area contributed by atoms with Crippen molar-refractivity contribution < 1.29 is 26.3 Å². The Kier molecular flexibility index (Phi) is 5.08. The summed E-state index contributed by atoms with van der Waals surface area (Å²) in [5, 5.41) is 0. The Labute approximate surface area is 84.3 Å². The molecule has 1 aromatic rings. The average Bonchev–Trinajstić information content (AvgIpc) is 2.07. The lowest BCUT2D eigenvalue weighted by Crippen LogP contribution is -2.09. The molecule has 0 atom stereocenters. The van der Waals surface area contributed by atoms with Gasteiger partial charge in [-0.2, -0.15) is 8.42 Å². The van der Waals surface area contributed by atoms with E-state index < -0.39 is 22.0 Å². The van der Waals surface area contributed by atoms with Gasteiger partial charge in [0, 0.05) is 0 Å². The van der Waals surface area contributed by atoms with E-state index in [0.717, 1.165) is 6.07 Å². The topological polar surface area (TPSA) is 113 Å². The van der Waals surface area contributed by atoms with Crippen molar-refractivity contribution in [3.05, 3.63) is 29.8 Å². The Morgan fingerprint density at radius 1 is 1.27 bits per heavy atom. The molecule has 0 saturated heterocycles. The van der Waals surface area contributed by atoms with E-state index in [0.29, 0.717) is 0 Å². The highest BCUT2D eigenvalue weighted by Crippen LogP contribution is 2.14. The molecule has 9 heteroatoms. The van der Waals surface area contributed by atoms with Crippen molar-refractivity contribution in [3.8, 4) is 0 Å². The first kappa shape index (κ1) is 13.7. The van der Waals surface area contributed by atoms with E-state index in [4.69, 9.17) is 23.4 Å². The average molecular weight is 242 g/mol.